The second-order valence-corrected chi connectivity index (χ2v) is 3.17. The Labute approximate surface area is 88.4 Å². The summed E-state index contributed by atoms with van der Waals surface area (Å²) in [6.45, 7) is 4.97. The summed E-state index contributed by atoms with van der Waals surface area (Å²) in [5.41, 5.74) is 0. The molecule has 1 amide bonds. The highest BCUT2D eigenvalue weighted by Crippen LogP contribution is 2.01. The number of aryl methyl sites for hydroxylation is 1. The van der Waals surface area contributed by atoms with Crippen molar-refractivity contribution in [3.63, 3.8) is 0 Å². The van der Waals surface area contributed by atoms with Gasteiger partial charge in [0, 0.05) is 19.5 Å². The fourth-order valence-corrected chi connectivity index (χ4v) is 1.00. The highest BCUT2D eigenvalue weighted by molar-refractivity contribution is 5.76. The monoisotopic (exact) mass is 212 g/mol. The van der Waals surface area contributed by atoms with E-state index < -0.39 is 0 Å². The molecule has 0 fully saturated rings. The van der Waals surface area contributed by atoms with Crippen LogP contribution in [0.15, 0.2) is 4.52 Å². The first-order valence-corrected chi connectivity index (χ1v) is 5.03. The van der Waals surface area contributed by atoms with E-state index in [1.165, 1.54) is 0 Å². The number of anilines is 1. The van der Waals surface area contributed by atoms with Gasteiger partial charge in [-0.25, -0.2) is 0 Å². The van der Waals surface area contributed by atoms with Gasteiger partial charge < -0.3 is 15.2 Å². The lowest BCUT2D eigenvalue weighted by molar-refractivity contribution is -0.120. The number of aromatic nitrogens is 2. The molecule has 0 aliphatic heterocycles. The fourth-order valence-electron chi connectivity index (χ4n) is 1.00. The van der Waals surface area contributed by atoms with E-state index in [0.717, 1.165) is 13.0 Å². The van der Waals surface area contributed by atoms with Crippen molar-refractivity contribution >= 4 is 11.9 Å². The van der Waals surface area contributed by atoms with Crippen LogP contribution in [0.4, 0.5) is 6.01 Å². The molecule has 84 valence electrons. The van der Waals surface area contributed by atoms with Crippen LogP contribution in [0.5, 0.6) is 0 Å². The van der Waals surface area contributed by atoms with E-state index in [2.05, 4.69) is 20.8 Å². The van der Waals surface area contributed by atoms with Crippen LogP contribution in [0.1, 0.15) is 25.6 Å². The summed E-state index contributed by atoms with van der Waals surface area (Å²) in [4.78, 5) is 15.1. The first-order chi connectivity index (χ1) is 7.22. The van der Waals surface area contributed by atoms with E-state index in [0.29, 0.717) is 24.8 Å². The lowest BCUT2D eigenvalue weighted by atomic mass is 10.4. The van der Waals surface area contributed by atoms with Crippen molar-refractivity contribution in [1.29, 1.82) is 0 Å². The van der Waals surface area contributed by atoms with Gasteiger partial charge >= 0.3 is 6.01 Å². The van der Waals surface area contributed by atoms with Crippen molar-refractivity contribution < 1.29 is 9.32 Å². The van der Waals surface area contributed by atoms with Crippen molar-refractivity contribution in [3.8, 4) is 0 Å². The van der Waals surface area contributed by atoms with E-state index in [1.807, 2.05) is 6.92 Å². The third-order valence-corrected chi connectivity index (χ3v) is 1.73. The van der Waals surface area contributed by atoms with Crippen LogP contribution in [0.2, 0.25) is 0 Å². The Kier molecular flexibility index (Phi) is 4.59. The molecule has 0 saturated heterocycles. The Hall–Kier alpha value is -1.59. The maximum Gasteiger partial charge on any atom is 0.321 e. The van der Waals surface area contributed by atoms with Gasteiger partial charge in [-0.05, 0) is 13.3 Å². The number of hydrogen-bond acceptors (Lipinski definition) is 5. The summed E-state index contributed by atoms with van der Waals surface area (Å²) in [6, 6.07) is 0.357. The molecule has 0 aliphatic carbocycles. The number of nitrogens with one attached hydrogen (secondary N) is 2. The Morgan fingerprint density at radius 1 is 1.47 bits per heavy atom. The second kappa shape index (κ2) is 6.00. The smallest absolute Gasteiger partial charge is 0.321 e. The molecule has 0 unspecified atom stereocenters. The number of rotatable bonds is 6. The van der Waals surface area contributed by atoms with Gasteiger partial charge in [-0.1, -0.05) is 12.1 Å². The largest absolute Gasteiger partial charge is 0.356 e. The third-order valence-electron chi connectivity index (χ3n) is 1.73. The molecular formula is C9H16N4O2. The topological polar surface area (TPSA) is 80.0 Å². The SMILES string of the molecule is CCCNC(=O)CCNc1nc(C)no1. The van der Waals surface area contributed by atoms with Gasteiger partial charge in [-0.15, -0.1) is 0 Å². The molecule has 0 bridgehead atoms. The quantitative estimate of drug-likeness (QED) is 0.725. The average Bonchev–Trinajstić information content (AvgIpc) is 2.61. The van der Waals surface area contributed by atoms with Crippen LogP contribution >= 0.6 is 0 Å². The zero-order valence-electron chi connectivity index (χ0n) is 9.04. The number of hydrogen-bond donors (Lipinski definition) is 2. The molecule has 0 atom stereocenters. The van der Waals surface area contributed by atoms with Crippen LogP contribution in [-0.2, 0) is 4.79 Å². The number of carbonyl (C=O) groups is 1. The van der Waals surface area contributed by atoms with Gasteiger partial charge in [0.1, 0.15) is 0 Å². The van der Waals surface area contributed by atoms with Gasteiger partial charge in [-0.3, -0.25) is 4.79 Å². The normalized spacial score (nSPS) is 10.0. The highest BCUT2D eigenvalue weighted by Gasteiger charge is 2.03. The highest BCUT2D eigenvalue weighted by atomic mass is 16.5. The minimum Gasteiger partial charge on any atom is -0.356 e. The first-order valence-electron chi connectivity index (χ1n) is 5.03. The Bertz CT molecular complexity index is 311. The van der Waals surface area contributed by atoms with Crippen LogP contribution in [-0.4, -0.2) is 29.1 Å². The third kappa shape index (κ3) is 4.44. The molecule has 6 heteroatoms. The van der Waals surface area contributed by atoms with Crippen LogP contribution in [0.25, 0.3) is 0 Å². The van der Waals surface area contributed by atoms with Crippen molar-refractivity contribution in [2.24, 2.45) is 0 Å². The summed E-state index contributed by atoms with van der Waals surface area (Å²) in [5.74, 6) is 0.605. The molecule has 1 rings (SSSR count). The molecule has 2 N–H and O–H groups in total. The molecule has 6 nitrogen and oxygen atoms in total. The molecule has 0 aliphatic rings. The zero-order chi connectivity index (χ0) is 11.1. The molecule has 0 spiro atoms. The van der Waals surface area contributed by atoms with E-state index >= 15 is 0 Å². The molecular weight excluding hydrogens is 196 g/mol. The zero-order valence-corrected chi connectivity index (χ0v) is 9.04. The van der Waals surface area contributed by atoms with Gasteiger partial charge in [0.2, 0.25) is 5.91 Å². The van der Waals surface area contributed by atoms with Gasteiger partial charge in [-0.2, -0.15) is 4.98 Å². The van der Waals surface area contributed by atoms with E-state index in [9.17, 15) is 4.79 Å². The Morgan fingerprint density at radius 2 is 2.27 bits per heavy atom. The molecule has 15 heavy (non-hydrogen) atoms. The van der Waals surface area contributed by atoms with Crippen molar-refractivity contribution in [2.75, 3.05) is 18.4 Å². The Balaban J connectivity index is 2.13. The predicted molar refractivity (Wildman–Crippen MR) is 55.4 cm³/mol. The van der Waals surface area contributed by atoms with Gasteiger partial charge in [0.25, 0.3) is 0 Å². The summed E-state index contributed by atoms with van der Waals surface area (Å²) >= 11 is 0. The van der Waals surface area contributed by atoms with Crippen molar-refractivity contribution in [3.05, 3.63) is 5.82 Å². The Morgan fingerprint density at radius 3 is 2.87 bits per heavy atom. The van der Waals surface area contributed by atoms with E-state index in [1.54, 1.807) is 6.92 Å². The summed E-state index contributed by atoms with van der Waals surface area (Å²) < 4.78 is 4.82. The second-order valence-electron chi connectivity index (χ2n) is 3.17. The van der Waals surface area contributed by atoms with Crippen LogP contribution in [0.3, 0.4) is 0 Å². The van der Waals surface area contributed by atoms with E-state index in [-0.39, 0.29) is 5.91 Å². The lowest BCUT2D eigenvalue weighted by Gasteiger charge is -2.02. The number of carbonyl (C=O) groups excluding carboxylic acids is 1. The minimum atomic E-state index is 0.0283. The van der Waals surface area contributed by atoms with Crippen LogP contribution < -0.4 is 10.6 Å². The van der Waals surface area contributed by atoms with E-state index in [4.69, 9.17) is 4.52 Å². The molecule has 0 aromatic carbocycles. The molecule has 1 heterocycles. The number of amides is 1. The summed E-state index contributed by atoms with van der Waals surface area (Å²) in [5, 5.41) is 9.26. The maximum absolute atomic E-state index is 11.2. The standard InChI is InChI=1S/C9H16N4O2/c1-3-5-10-8(14)4-6-11-9-12-7(2)13-15-9/h3-6H2,1-2H3,(H,10,14)(H,11,12,13). The summed E-state index contributed by atoms with van der Waals surface area (Å²) in [6.07, 6.45) is 1.35. The summed E-state index contributed by atoms with van der Waals surface area (Å²) in [7, 11) is 0. The van der Waals surface area contributed by atoms with Gasteiger partial charge in [0.05, 0.1) is 0 Å². The fraction of sp³-hybridized carbons (Fsp3) is 0.667. The average molecular weight is 212 g/mol. The minimum absolute atomic E-state index is 0.0283. The predicted octanol–water partition coefficient (Wildman–Crippen LogP) is 0.706. The molecule has 0 saturated carbocycles. The number of nitrogens with zero attached hydrogens (tertiary/aromatic N) is 2. The molecule has 1 aromatic heterocycles. The molecule has 1 aromatic rings. The molecule has 0 radical (unpaired) electrons. The van der Waals surface area contributed by atoms with Crippen molar-refractivity contribution in [1.82, 2.24) is 15.5 Å². The maximum atomic E-state index is 11.2. The van der Waals surface area contributed by atoms with Gasteiger partial charge in [0.15, 0.2) is 5.82 Å². The first kappa shape index (κ1) is 11.5. The van der Waals surface area contributed by atoms with Crippen LogP contribution in [0, 0.1) is 6.92 Å². The van der Waals surface area contributed by atoms with Crippen molar-refractivity contribution in [2.45, 2.75) is 26.7 Å². The lowest BCUT2D eigenvalue weighted by Crippen LogP contribution is -2.25.